The second-order valence-corrected chi connectivity index (χ2v) is 6.96. The summed E-state index contributed by atoms with van der Waals surface area (Å²) in [6.45, 7) is -0.395. The number of carbonyl (C=O) groups excluding carboxylic acids is 2. The quantitative estimate of drug-likeness (QED) is 0.438. The van der Waals surface area contributed by atoms with Crippen LogP contribution >= 0.6 is 23.2 Å². The molecule has 1 aliphatic heterocycles. The van der Waals surface area contributed by atoms with E-state index < -0.39 is 23.5 Å². The zero-order valence-electron chi connectivity index (χ0n) is 14.9. The Hall–Kier alpha value is -2.54. The average Bonchev–Trinajstić information content (AvgIpc) is 2.93. The van der Waals surface area contributed by atoms with Gasteiger partial charge < -0.3 is 19.8 Å². The molecule has 0 aromatic heterocycles. The summed E-state index contributed by atoms with van der Waals surface area (Å²) in [5, 5.41) is 20.7. The third-order valence-electron chi connectivity index (χ3n) is 4.50. The SMILES string of the molecule is COc1ccc(C2/C(=C(\O)c3ccc(Cl)cc3Cl)C(=O)C(=O)N2CCO)cc1. The number of amides is 1. The number of hydrogen-bond donors (Lipinski definition) is 2. The molecule has 1 unspecified atom stereocenters. The predicted octanol–water partition coefficient (Wildman–Crippen LogP) is 3.42. The molecule has 0 radical (unpaired) electrons. The summed E-state index contributed by atoms with van der Waals surface area (Å²) in [5.74, 6) is -1.45. The fraction of sp³-hybridized carbons (Fsp3) is 0.200. The van der Waals surface area contributed by atoms with Crippen LogP contribution in [0.5, 0.6) is 5.75 Å². The van der Waals surface area contributed by atoms with Crippen LogP contribution in [0, 0.1) is 0 Å². The smallest absolute Gasteiger partial charge is 0.295 e. The molecular formula is C20H17Cl2NO5. The first-order valence-electron chi connectivity index (χ1n) is 8.37. The molecule has 1 heterocycles. The number of ketones is 1. The van der Waals surface area contributed by atoms with Crippen LogP contribution in [-0.2, 0) is 9.59 Å². The molecule has 8 heteroatoms. The van der Waals surface area contributed by atoms with Gasteiger partial charge in [0.2, 0.25) is 0 Å². The highest BCUT2D eigenvalue weighted by molar-refractivity contribution is 6.47. The first-order chi connectivity index (χ1) is 13.4. The maximum Gasteiger partial charge on any atom is 0.295 e. The molecule has 1 atom stereocenters. The van der Waals surface area contributed by atoms with Crippen molar-refractivity contribution in [3.05, 3.63) is 69.2 Å². The number of likely N-dealkylation sites (tertiary alicyclic amines) is 1. The lowest BCUT2D eigenvalue weighted by Crippen LogP contribution is -2.32. The van der Waals surface area contributed by atoms with Crippen molar-refractivity contribution >= 4 is 40.7 Å². The first kappa shape index (κ1) is 20.2. The maximum atomic E-state index is 12.7. The van der Waals surface area contributed by atoms with Gasteiger partial charge in [-0.25, -0.2) is 0 Å². The second kappa shape index (κ2) is 8.22. The van der Waals surface area contributed by atoms with E-state index in [-0.39, 0.29) is 29.3 Å². The van der Waals surface area contributed by atoms with Gasteiger partial charge in [-0.05, 0) is 35.9 Å². The fourth-order valence-corrected chi connectivity index (χ4v) is 3.68. The number of rotatable bonds is 5. The van der Waals surface area contributed by atoms with Gasteiger partial charge >= 0.3 is 0 Å². The van der Waals surface area contributed by atoms with Gasteiger partial charge in [-0.1, -0.05) is 35.3 Å². The summed E-state index contributed by atoms with van der Waals surface area (Å²) in [6.07, 6.45) is 0. The summed E-state index contributed by atoms with van der Waals surface area (Å²) < 4.78 is 5.14. The molecule has 3 rings (SSSR count). The van der Waals surface area contributed by atoms with Gasteiger partial charge in [0.25, 0.3) is 11.7 Å². The highest BCUT2D eigenvalue weighted by atomic mass is 35.5. The predicted molar refractivity (Wildman–Crippen MR) is 106 cm³/mol. The van der Waals surface area contributed by atoms with Gasteiger partial charge in [-0.3, -0.25) is 9.59 Å². The number of benzene rings is 2. The Morgan fingerprint density at radius 2 is 1.82 bits per heavy atom. The number of aliphatic hydroxyl groups is 2. The summed E-state index contributed by atoms with van der Waals surface area (Å²) in [4.78, 5) is 26.5. The van der Waals surface area contributed by atoms with Crippen molar-refractivity contribution in [1.29, 1.82) is 0 Å². The Bertz CT molecular complexity index is 956. The maximum absolute atomic E-state index is 12.7. The van der Waals surface area contributed by atoms with Crippen molar-refractivity contribution in [2.24, 2.45) is 0 Å². The Kier molecular flexibility index (Phi) is 5.93. The number of hydrogen-bond acceptors (Lipinski definition) is 5. The minimum Gasteiger partial charge on any atom is -0.507 e. The number of aliphatic hydroxyl groups excluding tert-OH is 2. The molecular weight excluding hydrogens is 405 g/mol. The van der Waals surface area contributed by atoms with Crippen molar-refractivity contribution in [2.45, 2.75) is 6.04 Å². The van der Waals surface area contributed by atoms with Crippen LogP contribution in [0.2, 0.25) is 10.0 Å². The molecule has 28 heavy (non-hydrogen) atoms. The number of halogens is 2. The van der Waals surface area contributed by atoms with Crippen LogP contribution in [0.15, 0.2) is 48.0 Å². The Morgan fingerprint density at radius 3 is 2.39 bits per heavy atom. The van der Waals surface area contributed by atoms with E-state index in [2.05, 4.69) is 0 Å². The first-order valence-corrected chi connectivity index (χ1v) is 9.13. The van der Waals surface area contributed by atoms with E-state index in [1.807, 2.05) is 0 Å². The molecule has 1 saturated heterocycles. The van der Waals surface area contributed by atoms with Crippen molar-refractivity contribution in [3.63, 3.8) is 0 Å². The van der Waals surface area contributed by atoms with Gasteiger partial charge in [0.15, 0.2) is 0 Å². The van der Waals surface area contributed by atoms with Crippen LogP contribution in [0.3, 0.4) is 0 Å². The third-order valence-corrected chi connectivity index (χ3v) is 5.05. The molecule has 146 valence electrons. The van der Waals surface area contributed by atoms with E-state index in [0.717, 1.165) is 0 Å². The van der Waals surface area contributed by atoms with E-state index in [9.17, 15) is 19.8 Å². The van der Waals surface area contributed by atoms with E-state index >= 15 is 0 Å². The lowest BCUT2D eigenvalue weighted by molar-refractivity contribution is -0.140. The lowest BCUT2D eigenvalue weighted by Gasteiger charge is -2.24. The van der Waals surface area contributed by atoms with Crippen LogP contribution in [0.1, 0.15) is 17.2 Å². The van der Waals surface area contributed by atoms with Gasteiger partial charge in [0, 0.05) is 17.1 Å². The molecule has 2 aromatic carbocycles. The molecule has 2 aromatic rings. The van der Waals surface area contributed by atoms with Gasteiger partial charge in [-0.2, -0.15) is 0 Å². The topological polar surface area (TPSA) is 87.1 Å². The summed E-state index contributed by atoms with van der Waals surface area (Å²) in [7, 11) is 1.52. The number of carbonyl (C=O) groups is 2. The number of Topliss-reactive ketones (excluding diaryl/α,β-unsaturated/α-hetero) is 1. The molecule has 1 aliphatic rings. The van der Waals surface area contributed by atoms with E-state index in [4.69, 9.17) is 27.9 Å². The van der Waals surface area contributed by atoms with Gasteiger partial charge in [0.1, 0.15) is 11.5 Å². The zero-order valence-corrected chi connectivity index (χ0v) is 16.4. The standard InChI is InChI=1S/C20H17Cl2NO5/c1-28-13-5-2-11(3-6-13)17-16(19(26)20(27)23(17)8-9-24)18(25)14-7-4-12(21)10-15(14)22/h2-7,10,17,24-25H,8-9H2,1H3/b18-16+. The summed E-state index contributed by atoms with van der Waals surface area (Å²) in [5.41, 5.74) is 0.666. The van der Waals surface area contributed by atoms with E-state index in [1.165, 1.54) is 30.2 Å². The Balaban J connectivity index is 2.19. The van der Waals surface area contributed by atoms with Crippen LogP contribution in [0.4, 0.5) is 0 Å². The van der Waals surface area contributed by atoms with Crippen molar-refractivity contribution in [1.82, 2.24) is 4.90 Å². The molecule has 0 spiro atoms. The molecule has 0 aliphatic carbocycles. The van der Waals surface area contributed by atoms with Gasteiger partial charge in [0.05, 0.1) is 30.4 Å². The summed E-state index contributed by atoms with van der Waals surface area (Å²) >= 11 is 12.1. The Morgan fingerprint density at radius 1 is 1.14 bits per heavy atom. The second-order valence-electron chi connectivity index (χ2n) is 6.11. The highest BCUT2D eigenvalue weighted by Crippen LogP contribution is 2.40. The van der Waals surface area contributed by atoms with Crippen molar-refractivity contribution in [2.75, 3.05) is 20.3 Å². The van der Waals surface area contributed by atoms with Crippen LogP contribution in [0.25, 0.3) is 5.76 Å². The van der Waals surface area contributed by atoms with E-state index in [1.54, 1.807) is 24.3 Å². The molecule has 1 fully saturated rings. The largest absolute Gasteiger partial charge is 0.507 e. The minimum absolute atomic E-state index is 0.0631. The van der Waals surface area contributed by atoms with Crippen LogP contribution < -0.4 is 4.74 Å². The van der Waals surface area contributed by atoms with Crippen molar-refractivity contribution in [3.8, 4) is 5.75 Å². The van der Waals surface area contributed by atoms with Gasteiger partial charge in [-0.15, -0.1) is 0 Å². The van der Waals surface area contributed by atoms with Crippen molar-refractivity contribution < 1.29 is 24.5 Å². The minimum atomic E-state index is -0.871. The summed E-state index contributed by atoms with van der Waals surface area (Å²) in [6, 6.07) is 10.3. The molecule has 6 nitrogen and oxygen atoms in total. The normalized spacial score (nSPS) is 18.6. The third kappa shape index (κ3) is 3.58. The zero-order chi connectivity index (χ0) is 20.4. The number of ether oxygens (including phenoxy) is 1. The molecule has 0 saturated carbocycles. The number of nitrogens with zero attached hydrogens (tertiary/aromatic N) is 1. The lowest BCUT2D eigenvalue weighted by atomic mass is 9.95. The highest BCUT2D eigenvalue weighted by Gasteiger charge is 2.45. The molecule has 0 bridgehead atoms. The number of β-amino-alcohol motifs (C(OH)–C–C–N with tert-alkyl or cyclic N) is 1. The monoisotopic (exact) mass is 421 g/mol. The van der Waals surface area contributed by atoms with E-state index in [0.29, 0.717) is 16.3 Å². The number of methoxy groups -OCH3 is 1. The Labute approximate surface area is 171 Å². The average molecular weight is 422 g/mol. The molecule has 1 amide bonds. The molecule has 2 N–H and O–H groups in total. The fourth-order valence-electron chi connectivity index (χ4n) is 3.18. The van der Waals surface area contributed by atoms with Crippen LogP contribution in [-0.4, -0.2) is 47.1 Å².